The molecule has 0 saturated carbocycles. The van der Waals surface area contributed by atoms with E-state index in [-0.39, 0.29) is 0 Å². The van der Waals surface area contributed by atoms with E-state index in [1.165, 1.54) is 77.7 Å². The Kier molecular flexibility index (Phi) is 14.8. The fraction of sp³-hybridized carbons (Fsp3) is 0.692. The van der Waals surface area contributed by atoms with Crippen LogP contribution in [0.3, 0.4) is 0 Å². The summed E-state index contributed by atoms with van der Waals surface area (Å²) in [5.74, 6) is -2.39. The first-order valence-corrected chi connectivity index (χ1v) is 12.0. The van der Waals surface area contributed by atoms with E-state index in [9.17, 15) is 14.7 Å². The van der Waals surface area contributed by atoms with Gasteiger partial charge >= 0.3 is 5.97 Å². The van der Waals surface area contributed by atoms with Crippen LogP contribution in [0.4, 0.5) is 0 Å². The third-order valence-corrected chi connectivity index (χ3v) is 5.87. The van der Waals surface area contributed by atoms with E-state index in [1.54, 1.807) is 24.3 Å². The van der Waals surface area contributed by atoms with Gasteiger partial charge in [-0.1, -0.05) is 115 Å². The molecule has 170 valence electrons. The molecule has 1 aromatic carbocycles. The Morgan fingerprint density at radius 2 is 1.27 bits per heavy atom. The summed E-state index contributed by atoms with van der Waals surface area (Å²) in [5, 5.41) is 11.7. The number of carboxylic acids is 1. The van der Waals surface area contributed by atoms with Crippen LogP contribution >= 0.6 is 0 Å². The number of benzene rings is 1. The van der Waals surface area contributed by atoms with E-state index in [4.69, 9.17) is 4.74 Å². The molecule has 1 atom stereocenters. The van der Waals surface area contributed by atoms with Gasteiger partial charge in [0.25, 0.3) is 0 Å². The number of hydrogen-bond donors (Lipinski definition) is 0. The van der Waals surface area contributed by atoms with Crippen LogP contribution in [-0.2, 0) is 9.53 Å². The van der Waals surface area contributed by atoms with Crippen LogP contribution in [0.25, 0.3) is 0 Å². The highest BCUT2D eigenvalue weighted by Crippen LogP contribution is 2.26. The van der Waals surface area contributed by atoms with E-state index >= 15 is 0 Å². The molecule has 0 aliphatic heterocycles. The number of carbonyl (C=O) groups excluding carboxylic acids is 2. The highest BCUT2D eigenvalue weighted by Gasteiger charge is 2.20. The number of ether oxygens (including phenoxy) is 1. The Bertz CT molecular complexity index is 596. The number of unbranched alkanes of at least 4 members (excludes halogenated alkanes) is 13. The summed E-state index contributed by atoms with van der Waals surface area (Å²) >= 11 is 0. The molecule has 4 nitrogen and oxygen atoms in total. The molecule has 0 spiro atoms. The summed E-state index contributed by atoms with van der Waals surface area (Å²) < 4.78 is 4.78. The van der Waals surface area contributed by atoms with Gasteiger partial charge in [0.1, 0.15) is 0 Å². The number of methoxy groups -OCH3 is 1. The lowest BCUT2D eigenvalue weighted by Crippen LogP contribution is -2.31. The zero-order valence-corrected chi connectivity index (χ0v) is 19.1. The molecule has 0 N–H and O–H groups in total. The number of carboxylic acid groups (broad SMARTS) is 1. The van der Waals surface area contributed by atoms with Crippen molar-refractivity contribution < 1.29 is 19.4 Å². The van der Waals surface area contributed by atoms with Crippen molar-refractivity contribution in [2.45, 2.75) is 109 Å². The molecule has 0 aliphatic rings. The average Bonchev–Trinajstić information content (AvgIpc) is 2.75. The van der Waals surface area contributed by atoms with Gasteiger partial charge in [-0.2, -0.15) is 0 Å². The lowest BCUT2D eigenvalue weighted by molar-refractivity contribution is -0.308. The minimum atomic E-state index is -1.12. The zero-order chi connectivity index (χ0) is 22.0. The maximum atomic E-state index is 11.9. The average molecular weight is 418 g/mol. The van der Waals surface area contributed by atoms with Gasteiger partial charge in [-0.05, 0) is 18.1 Å². The van der Waals surface area contributed by atoms with Gasteiger partial charge in [0.15, 0.2) is 0 Å². The molecule has 0 amide bonds. The Balaban J connectivity index is 2.18. The molecule has 0 aliphatic carbocycles. The molecular formula is C26H41O4-. The molecule has 30 heavy (non-hydrogen) atoms. The Hall–Kier alpha value is -1.84. The van der Waals surface area contributed by atoms with Crippen molar-refractivity contribution in [3.63, 3.8) is 0 Å². The summed E-state index contributed by atoms with van der Waals surface area (Å²) in [6, 6.07) is 6.77. The molecule has 0 aromatic heterocycles. The fourth-order valence-electron chi connectivity index (χ4n) is 4.04. The number of aliphatic carboxylic acids is 1. The van der Waals surface area contributed by atoms with Crippen LogP contribution in [0.1, 0.15) is 125 Å². The number of hydrogen-bond acceptors (Lipinski definition) is 4. The number of carbonyl (C=O) groups is 2. The third-order valence-electron chi connectivity index (χ3n) is 5.87. The minimum Gasteiger partial charge on any atom is -0.549 e. The molecule has 0 saturated heterocycles. The van der Waals surface area contributed by atoms with Crippen molar-refractivity contribution >= 4 is 11.9 Å². The summed E-state index contributed by atoms with van der Waals surface area (Å²) in [6.45, 7) is 2.26. The van der Waals surface area contributed by atoms with Crippen molar-refractivity contribution in [2.24, 2.45) is 0 Å². The maximum absolute atomic E-state index is 11.9. The van der Waals surface area contributed by atoms with Gasteiger partial charge in [-0.3, -0.25) is 0 Å². The van der Waals surface area contributed by atoms with Crippen LogP contribution in [0.2, 0.25) is 0 Å². The summed E-state index contributed by atoms with van der Waals surface area (Å²) in [6.07, 6.45) is 18.2. The summed E-state index contributed by atoms with van der Waals surface area (Å²) in [5.41, 5.74) is 0.818. The van der Waals surface area contributed by atoms with Gasteiger partial charge in [-0.25, -0.2) is 4.79 Å². The first-order valence-electron chi connectivity index (χ1n) is 12.0. The van der Waals surface area contributed by atoms with Crippen molar-refractivity contribution in [1.82, 2.24) is 0 Å². The van der Waals surface area contributed by atoms with E-state index in [0.717, 1.165) is 19.3 Å². The van der Waals surface area contributed by atoms with E-state index < -0.39 is 17.9 Å². The van der Waals surface area contributed by atoms with E-state index in [0.29, 0.717) is 17.5 Å². The Morgan fingerprint density at radius 1 is 0.800 bits per heavy atom. The van der Waals surface area contributed by atoms with Gasteiger partial charge in [0.05, 0.1) is 12.7 Å². The lowest BCUT2D eigenvalue weighted by Gasteiger charge is -2.20. The smallest absolute Gasteiger partial charge is 0.338 e. The molecule has 0 bridgehead atoms. The SMILES string of the molecule is CCCCCCCCCCCCCCCCC(C(=O)[O-])c1ccccc1C(=O)OC. The van der Waals surface area contributed by atoms with Crippen LogP contribution < -0.4 is 5.11 Å². The lowest BCUT2D eigenvalue weighted by atomic mass is 9.89. The predicted molar refractivity (Wildman–Crippen MR) is 120 cm³/mol. The summed E-state index contributed by atoms with van der Waals surface area (Å²) in [7, 11) is 1.31. The number of esters is 1. The predicted octanol–water partition coefficient (Wildman–Crippen LogP) is 6.18. The van der Waals surface area contributed by atoms with Crippen molar-refractivity contribution in [3.05, 3.63) is 35.4 Å². The largest absolute Gasteiger partial charge is 0.549 e. The molecular weight excluding hydrogens is 376 g/mol. The van der Waals surface area contributed by atoms with Gasteiger partial charge in [0, 0.05) is 11.9 Å². The van der Waals surface area contributed by atoms with Crippen molar-refractivity contribution in [2.75, 3.05) is 7.11 Å². The van der Waals surface area contributed by atoms with Gasteiger partial charge in [-0.15, -0.1) is 0 Å². The molecule has 1 unspecified atom stereocenters. The van der Waals surface area contributed by atoms with Crippen molar-refractivity contribution in [3.8, 4) is 0 Å². The Labute approximate surface area is 183 Å². The topological polar surface area (TPSA) is 66.4 Å². The fourth-order valence-corrected chi connectivity index (χ4v) is 4.04. The van der Waals surface area contributed by atoms with E-state index in [1.807, 2.05) is 0 Å². The van der Waals surface area contributed by atoms with Gasteiger partial charge in [0.2, 0.25) is 0 Å². The third kappa shape index (κ3) is 10.8. The van der Waals surface area contributed by atoms with Crippen LogP contribution in [0.15, 0.2) is 24.3 Å². The molecule has 1 aromatic rings. The molecule has 4 heteroatoms. The quantitative estimate of drug-likeness (QED) is 0.211. The second-order valence-electron chi connectivity index (χ2n) is 8.34. The molecule has 0 fully saturated rings. The normalized spacial score (nSPS) is 11.9. The highest BCUT2D eigenvalue weighted by atomic mass is 16.5. The van der Waals surface area contributed by atoms with Crippen molar-refractivity contribution in [1.29, 1.82) is 0 Å². The standard InChI is InChI=1S/C26H42O4/c1-3-4-5-6-7-8-9-10-11-12-13-14-15-16-20-23(25(27)28)22-19-17-18-21-24(22)26(29)30-2/h17-19,21,23H,3-16,20H2,1-2H3,(H,27,28)/p-1. The van der Waals surface area contributed by atoms with Gasteiger partial charge < -0.3 is 14.6 Å². The van der Waals surface area contributed by atoms with E-state index in [2.05, 4.69) is 6.92 Å². The monoisotopic (exact) mass is 417 g/mol. The minimum absolute atomic E-state index is 0.319. The zero-order valence-electron chi connectivity index (χ0n) is 19.1. The van der Waals surface area contributed by atoms with Crippen LogP contribution in [-0.4, -0.2) is 19.0 Å². The molecule has 1 rings (SSSR count). The van der Waals surface area contributed by atoms with Crippen LogP contribution in [0.5, 0.6) is 0 Å². The first-order chi connectivity index (χ1) is 14.6. The maximum Gasteiger partial charge on any atom is 0.338 e. The number of rotatable bonds is 18. The summed E-state index contributed by atoms with van der Waals surface area (Å²) in [4.78, 5) is 23.6. The van der Waals surface area contributed by atoms with Crippen LogP contribution in [0, 0.1) is 0 Å². The Morgan fingerprint density at radius 3 is 1.73 bits per heavy atom. The first kappa shape index (κ1) is 26.2. The molecule has 0 radical (unpaired) electrons. The highest BCUT2D eigenvalue weighted by molar-refractivity contribution is 5.93. The second kappa shape index (κ2) is 16.9. The second-order valence-corrected chi connectivity index (χ2v) is 8.34. The molecule has 0 heterocycles.